The fourth-order valence-corrected chi connectivity index (χ4v) is 1.41. The van der Waals surface area contributed by atoms with Crippen molar-refractivity contribution in [2.75, 3.05) is 19.7 Å². The highest BCUT2D eigenvalue weighted by atomic mass is 16.5. The third kappa shape index (κ3) is 4.33. The van der Waals surface area contributed by atoms with Gasteiger partial charge in [0.05, 0.1) is 12.6 Å². The van der Waals surface area contributed by atoms with Crippen LogP contribution < -0.4 is 4.74 Å². The minimum atomic E-state index is 0.374. The molecule has 16 heavy (non-hydrogen) atoms. The summed E-state index contributed by atoms with van der Waals surface area (Å²) >= 11 is 0. The minimum absolute atomic E-state index is 0.374. The first-order valence-electron chi connectivity index (χ1n) is 5.53. The van der Waals surface area contributed by atoms with Crippen molar-refractivity contribution in [1.29, 1.82) is 5.26 Å². The number of hydrogen-bond acceptors (Lipinski definition) is 3. The van der Waals surface area contributed by atoms with E-state index >= 15 is 0 Å². The van der Waals surface area contributed by atoms with Crippen LogP contribution in [-0.4, -0.2) is 30.6 Å². The van der Waals surface area contributed by atoms with E-state index in [0.29, 0.717) is 19.2 Å². The standard InChI is InChI=1S/C13H18N2O/c1-12(2)15(9-8-14)10-11-16-13-6-4-3-5-7-13/h3-7,12H,9-11H2,1-2H3. The monoisotopic (exact) mass is 218 g/mol. The van der Waals surface area contributed by atoms with Crippen molar-refractivity contribution in [3.8, 4) is 11.8 Å². The van der Waals surface area contributed by atoms with Crippen molar-refractivity contribution in [2.24, 2.45) is 0 Å². The van der Waals surface area contributed by atoms with Gasteiger partial charge in [0.25, 0.3) is 0 Å². The van der Waals surface area contributed by atoms with E-state index < -0.39 is 0 Å². The Morgan fingerprint density at radius 3 is 2.56 bits per heavy atom. The molecule has 3 heteroatoms. The van der Waals surface area contributed by atoms with Gasteiger partial charge in [-0.25, -0.2) is 0 Å². The Labute approximate surface area is 97.3 Å². The van der Waals surface area contributed by atoms with Crippen LogP contribution in [0.25, 0.3) is 0 Å². The summed E-state index contributed by atoms with van der Waals surface area (Å²) in [4.78, 5) is 2.09. The molecule has 0 spiro atoms. The first kappa shape index (κ1) is 12.5. The second-order valence-corrected chi connectivity index (χ2v) is 3.88. The normalized spacial score (nSPS) is 10.4. The molecule has 0 bridgehead atoms. The molecule has 0 atom stereocenters. The van der Waals surface area contributed by atoms with Crippen LogP contribution in [-0.2, 0) is 0 Å². The van der Waals surface area contributed by atoms with Crippen LogP contribution in [0, 0.1) is 11.3 Å². The van der Waals surface area contributed by atoms with E-state index in [0.717, 1.165) is 12.3 Å². The zero-order valence-electron chi connectivity index (χ0n) is 9.89. The van der Waals surface area contributed by atoms with Crippen molar-refractivity contribution in [3.05, 3.63) is 30.3 Å². The van der Waals surface area contributed by atoms with Gasteiger partial charge >= 0.3 is 0 Å². The number of nitriles is 1. The van der Waals surface area contributed by atoms with Crippen molar-refractivity contribution in [3.63, 3.8) is 0 Å². The highest BCUT2D eigenvalue weighted by Gasteiger charge is 2.08. The molecule has 0 fully saturated rings. The second kappa shape index (κ2) is 6.86. The zero-order chi connectivity index (χ0) is 11.8. The summed E-state index contributed by atoms with van der Waals surface area (Å²) in [6.45, 7) is 6.01. The maximum atomic E-state index is 8.67. The van der Waals surface area contributed by atoms with Gasteiger partial charge in [-0.3, -0.25) is 4.90 Å². The highest BCUT2D eigenvalue weighted by Crippen LogP contribution is 2.08. The Morgan fingerprint density at radius 2 is 2.00 bits per heavy atom. The Balaban J connectivity index is 2.31. The molecular weight excluding hydrogens is 200 g/mol. The van der Waals surface area contributed by atoms with Gasteiger partial charge in [0.2, 0.25) is 0 Å². The minimum Gasteiger partial charge on any atom is -0.492 e. The fourth-order valence-electron chi connectivity index (χ4n) is 1.41. The molecule has 0 unspecified atom stereocenters. The summed E-state index contributed by atoms with van der Waals surface area (Å²) in [5.74, 6) is 0.878. The van der Waals surface area contributed by atoms with E-state index in [9.17, 15) is 0 Å². The summed E-state index contributed by atoms with van der Waals surface area (Å²) in [5.41, 5.74) is 0. The first-order chi connectivity index (χ1) is 7.74. The number of rotatable bonds is 6. The predicted octanol–water partition coefficient (Wildman–Crippen LogP) is 2.30. The maximum absolute atomic E-state index is 8.67. The lowest BCUT2D eigenvalue weighted by molar-refractivity contribution is 0.193. The van der Waals surface area contributed by atoms with Gasteiger partial charge < -0.3 is 4.74 Å². The van der Waals surface area contributed by atoms with Crippen molar-refractivity contribution in [2.45, 2.75) is 19.9 Å². The van der Waals surface area contributed by atoms with Crippen molar-refractivity contribution >= 4 is 0 Å². The molecule has 0 N–H and O–H groups in total. The number of hydrogen-bond donors (Lipinski definition) is 0. The van der Waals surface area contributed by atoms with Crippen LogP contribution in [0.15, 0.2) is 30.3 Å². The molecule has 0 aliphatic carbocycles. The molecule has 1 aromatic rings. The summed E-state index contributed by atoms with van der Waals surface area (Å²) in [5, 5.41) is 8.67. The molecule has 0 aromatic heterocycles. The molecule has 0 amide bonds. The van der Waals surface area contributed by atoms with Gasteiger partial charge in [0.15, 0.2) is 0 Å². The average Bonchev–Trinajstić information content (AvgIpc) is 2.29. The molecule has 1 aromatic carbocycles. The summed E-state index contributed by atoms with van der Waals surface area (Å²) < 4.78 is 5.58. The Kier molecular flexibility index (Phi) is 5.38. The van der Waals surface area contributed by atoms with Gasteiger partial charge in [0, 0.05) is 12.6 Å². The molecule has 1 rings (SSSR count). The Bertz CT molecular complexity index is 330. The third-order valence-electron chi connectivity index (χ3n) is 2.39. The van der Waals surface area contributed by atoms with Gasteiger partial charge in [-0.15, -0.1) is 0 Å². The van der Waals surface area contributed by atoms with E-state index in [4.69, 9.17) is 10.00 Å². The number of nitrogens with zero attached hydrogens (tertiary/aromatic N) is 2. The summed E-state index contributed by atoms with van der Waals surface area (Å²) in [7, 11) is 0. The SMILES string of the molecule is CC(C)N(CC#N)CCOc1ccccc1. The van der Waals surface area contributed by atoms with Crippen LogP contribution in [0.3, 0.4) is 0 Å². The molecule has 0 saturated carbocycles. The topological polar surface area (TPSA) is 36.3 Å². The quantitative estimate of drug-likeness (QED) is 0.687. The van der Waals surface area contributed by atoms with Crippen molar-refractivity contribution < 1.29 is 4.74 Å². The van der Waals surface area contributed by atoms with E-state index in [-0.39, 0.29) is 0 Å². The Hall–Kier alpha value is -1.53. The van der Waals surface area contributed by atoms with Crippen LogP contribution in [0.5, 0.6) is 5.75 Å². The first-order valence-corrected chi connectivity index (χ1v) is 5.53. The maximum Gasteiger partial charge on any atom is 0.119 e. The van der Waals surface area contributed by atoms with Gasteiger partial charge in [-0.1, -0.05) is 18.2 Å². The van der Waals surface area contributed by atoms with Crippen LogP contribution in [0.1, 0.15) is 13.8 Å². The van der Waals surface area contributed by atoms with E-state index in [1.165, 1.54) is 0 Å². The van der Waals surface area contributed by atoms with Gasteiger partial charge in [-0.2, -0.15) is 5.26 Å². The fraction of sp³-hybridized carbons (Fsp3) is 0.462. The second-order valence-electron chi connectivity index (χ2n) is 3.88. The third-order valence-corrected chi connectivity index (χ3v) is 2.39. The van der Waals surface area contributed by atoms with Crippen molar-refractivity contribution in [1.82, 2.24) is 4.90 Å². The molecular formula is C13H18N2O. The molecule has 0 saturated heterocycles. The summed E-state index contributed by atoms with van der Waals surface area (Å²) in [6.07, 6.45) is 0. The van der Waals surface area contributed by atoms with E-state index in [1.807, 2.05) is 30.3 Å². The average molecular weight is 218 g/mol. The predicted molar refractivity (Wildman–Crippen MR) is 64.3 cm³/mol. The van der Waals surface area contributed by atoms with Gasteiger partial charge in [-0.05, 0) is 26.0 Å². The number of ether oxygens (including phenoxy) is 1. The van der Waals surface area contributed by atoms with Crippen LogP contribution >= 0.6 is 0 Å². The van der Waals surface area contributed by atoms with Crippen LogP contribution in [0.2, 0.25) is 0 Å². The molecule has 0 aliphatic rings. The van der Waals surface area contributed by atoms with Gasteiger partial charge in [0.1, 0.15) is 12.4 Å². The lowest BCUT2D eigenvalue weighted by Crippen LogP contribution is -2.34. The largest absolute Gasteiger partial charge is 0.492 e. The lowest BCUT2D eigenvalue weighted by Gasteiger charge is -2.23. The number of benzene rings is 1. The summed E-state index contributed by atoms with van der Waals surface area (Å²) in [6, 6.07) is 12.3. The molecule has 0 radical (unpaired) electrons. The van der Waals surface area contributed by atoms with E-state index in [2.05, 4.69) is 24.8 Å². The molecule has 0 aliphatic heterocycles. The molecule has 3 nitrogen and oxygen atoms in total. The number of para-hydroxylation sites is 1. The smallest absolute Gasteiger partial charge is 0.119 e. The zero-order valence-corrected chi connectivity index (χ0v) is 9.89. The highest BCUT2D eigenvalue weighted by molar-refractivity contribution is 5.20. The Morgan fingerprint density at radius 1 is 1.31 bits per heavy atom. The lowest BCUT2D eigenvalue weighted by atomic mass is 10.3. The van der Waals surface area contributed by atoms with Crippen LogP contribution in [0.4, 0.5) is 0 Å². The molecule has 86 valence electrons. The molecule has 0 heterocycles. The van der Waals surface area contributed by atoms with E-state index in [1.54, 1.807) is 0 Å².